The lowest BCUT2D eigenvalue weighted by Crippen LogP contribution is -1.93. The smallest absolute Gasteiger partial charge is 0.139 e. The minimum absolute atomic E-state index is 0.265. The zero-order valence-corrected chi connectivity index (χ0v) is 10.4. The molecule has 1 aromatic rings. The second kappa shape index (κ2) is 6.12. The van der Waals surface area contributed by atoms with E-state index in [1.807, 2.05) is 6.92 Å². The normalized spacial score (nSPS) is 9.33. The molecule has 0 aliphatic heterocycles. The van der Waals surface area contributed by atoms with Crippen LogP contribution in [0.15, 0.2) is 12.1 Å². The summed E-state index contributed by atoms with van der Waals surface area (Å²) in [4.78, 5) is 0. The summed E-state index contributed by atoms with van der Waals surface area (Å²) in [5.74, 6) is 6.37. The zero-order chi connectivity index (χ0) is 11.3. The summed E-state index contributed by atoms with van der Waals surface area (Å²) in [6.07, 6.45) is 0. The first-order valence-electron chi connectivity index (χ1n) is 4.35. The van der Waals surface area contributed by atoms with Crippen molar-refractivity contribution in [2.24, 2.45) is 0 Å². The average molecular weight is 264 g/mol. The fourth-order valence-corrected chi connectivity index (χ4v) is 1.51. The number of halogens is 3. The van der Waals surface area contributed by atoms with Gasteiger partial charge in [-0.05, 0) is 13.0 Å². The topological polar surface area (TPSA) is 9.23 Å². The van der Waals surface area contributed by atoms with Crippen LogP contribution in [0, 0.1) is 11.8 Å². The van der Waals surface area contributed by atoms with Crippen LogP contribution in [0.25, 0.3) is 0 Å². The molecule has 0 aromatic heterocycles. The third-order valence-corrected chi connectivity index (χ3v) is 2.35. The monoisotopic (exact) mass is 262 g/mol. The molecule has 0 saturated carbocycles. The Morgan fingerprint density at radius 1 is 1.27 bits per heavy atom. The molecule has 1 rings (SSSR count). The van der Waals surface area contributed by atoms with Gasteiger partial charge in [0, 0.05) is 11.6 Å². The quantitative estimate of drug-likeness (QED) is 0.579. The molecule has 0 aliphatic rings. The number of benzene rings is 1. The van der Waals surface area contributed by atoms with Crippen molar-refractivity contribution in [1.82, 2.24) is 0 Å². The van der Waals surface area contributed by atoms with Crippen LogP contribution in [-0.4, -0.2) is 12.5 Å². The van der Waals surface area contributed by atoms with Crippen molar-refractivity contribution >= 4 is 34.8 Å². The summed E-state index contributed by atoms with van der Waals surface area (Å²) in [6, 6.07) is 3.33. The van der Waals surface area contributed by atoms with Crippen molar-refractivity contribution in [3.8, 4) is 17.6 Å². The van der Waals surface area contributed by atoms with Gasteiger partial charge in [0.15, 0.2) is 0 Å². The van der Waals surface area contributed by atoms with Gasteiger partial charge in [0.05, 0.1) is 22.5 Å². The van der Waals surface area contributed by atoms with Crippen LogP contribution < -0.4 is 4.74 Å². The van der Waals surface area contributed by atoms with E-state index in [1.54, 1.807) is 12.1 Å². The molecule has 0 fully saturated rings. The van der Waals surface area contributed by atoms with E-state index in [9.17, 15) is 0 Å². The highest BCUT2D eigenvalue weighted by molar-refractivity contribution is 6.35. The molecule has 1 aromatic carbocycles. The summed E-state index contributed by atoms with van der Waals surface area (Å²) in [5, 5.41) is 1.01. The Kier molecular flexibility index (Phi) is 5.11. The van der Waals surface area contributed by atoms with Crippen LogP contribution in [0.3, 0.4) is 0 Å². The number of hydrogen-bond acceptors (Lipinski definition) is 1. The van der Waals surface area contributed by atoms with Gasteiger partial charge in [0.25, 0.3) is 0 Å². The Hall–Kier alpha value is -0.550. The lowest BCUT2D eigenvalue weighted by atomic mass is 10.2. The highest BCUT2D eigenvalue weighted by Gasteiger charge is 2.06. The Balaban J connectivity index is 3.07. The molecule has 0 spiro atoms. The van der Waals surface area contributed by atoms with Gasteiger partial charge >= 0.3 is 0 Å². The van der Waals surface area contributed by atoms with Crippen molar-refractivity contribution < 1.29 is 4.74 Å². The van der Waals surface area contributed by atoms with Gasteiger partial charge in [0.2, 0.25) is 0 Å². The van der Waals surface area contributed by atoms with Gasteiger partial charge in [-0.15, -0.1) is 11.6 Å². The van der Waals surface area contributed by atoms with E-state index in [0.29, 0.717) is 28.0 Å². The van der Waals surface area contributed by atoms with E-state index >= 15 is 0 Å². The van der Waals surface area contributed by atoms with E-state index in [0.717, 1.165) is 0 Å². The van der Waals surface area contributed by atoms with Crippen LogP contribution in [0.5, 0.6) is 5.75 Å². The van der Waals surface area contributed by atoms with Crippen molar-refractivity contribution in [2.75, 3.05) is 12.5 Å². The summed E-state index contributed by atoms with van der Waals surface area (Å²) in [7, 11) is 0. The molecule has 4 heteroatoms. The first-order valence-corrected chi connectivity index (χ1v) is 5.64. The molecule has 0 unspecified atom stereocenters. The molecule has 0 radical (unpaired) electrons. The van der Waals surface area contributed by atoms with Crippen molar-refractivity contribution in [1.29, 1.82) is 0 Å². The number of alkyl halides is 1. The van der Waals surface area contributed by atoms with Crippen molar-refractivity contribution in [3.63, 3.8) is 0 Å². The van der Waals surface area contributed by atoms with Crippen LogP contribution in [0.2, 0.25) is 10.0 Å². The standard InChI is InChI=1S/C11H9Cl3O/c1-2-15-11-7-9(13)8(4-3-5-12)6-10(11)14/h6-7H,2,5H2,1H3. The fourth-order valence-electron chi connectivity index (χ4n) is 1.02. The lowest BCUT2D eigenvalue weighted by molar-refractivity contribution is 0.340. The maximum atomic E-state index is 5.99. The first kappa shape index (κ1) is 12.5. The predicted octanol–water partition coefficient (Wildman–Crippen LogP) is 3.98. The predicted molar refractivity (Wildman–Crippen MR) is 65.2 cm³/mol. The Labute approximate surface area is 104 Å². The Morgan fingerprint density at radius 3 is 2.60 bits per heavy atom. The maximum absolute atomic E-state index is 5.99. The van der Waals surface area contributed by atoms with Crippen LogP contribution in [0.4, 0.5) is 0 Å². The molecule has 0 saturated heterocycles. The number of hydrogen-bond donors (Lipinski definition) is 0. The van der Waals surface area contributed by atoms with Crippen molar-refractivity contribution in [3.05, 3.63) is 27.7 Å². The molecule has 15 heavy (non-hydrogen) atoms. The van der Waals surface area contributed by atoms with E-state index in [2.05, 4.69) is 11.8 Å². The second-order valence-corrected chi connectivity index (χ2v) is 3.71. The molecular formula is C11H9Cl3O. The van der Waals surface area contributed by atoms with E-state index in [4.69, 9.17) is 39.5 Å². The highest BCUT2D eigenvalue weighted by atomic mass is 35.5. The van der Waals surface area contributed by atoms with Gasteiger partial charge in [0.1, 0.15) is 5.75 Å². The highest BCUT2D eigenvalue weighted by Crippen LogP contribution is 2.30. The van der Waals surface area contributed by atoms with E-state index < -0.39 is 0 Å². The van der Waals surface area contributed by atoms with Crippen LogP contribution in [-0.2, 0) is 0 Å². The minimum atomic E-state index is 0.265. The molecule has 0 atom stereocenters. The number of ether oxygens (including phenoxy) is 1. The largest absolute Gasteiger partial charge is 0.492 e. The fraction of sp³-hybridized carbons (Fsp3) is 0.273. The van der Waals surface area contributed by atoms with Crippen molar-refractivity contribution in [2.45, 2.75) is 6.92 Å². The summed E-state index contributed by atoms with van der Waals surface area (Å²) < 4.78 is 5.29. The molecule has 0 aliphatic carbocycles. The zero-order valence-electron chi connectivity index (χ0n) is 8.11. The van der Waals surface area contributed by atoms with Crippen LogP contribution in [0.1, 0.15) is 12.5 Å². The second-order valence-electron chi connectivity index (χ2n) is 2.63. The van der Waals surface area contributed by atoms with Gasteiger partial charge in [-0.2, -0.15) is 0 Å². The molecule has 80 valence electrons. The summed E-state index contributed by atoms with van der Waals surface area (Å²) in [5.41, 5.74) is 0.658. The molecule has 0 heterocycles. The van der Waals surface area contributed by atoms with E-state index in [-0.39, 0.29) is 5.88 Å². The molecule has 1 nitrogen and oxygen atoms in total. The van der Waals surface area contributed by atoms with Crippen LogP contribution >= 0.6 is 34.8 Å². The number of rotatable bonds is 2. The Bertz CT molecular complexity index is 404. The average Bonchev–Trinajstić information content (AvgIpc) is 2.21. The van der Waals surface area contributed by atoms with Gasteiger partial charge in [-0.1, -0.05) is 35.0 Å². The lowest BCUT2D eigenvalue weighted by Gasteiger charge is -2.06. The van der Waals surface area contributed by atoms with E-state index in [1.165, 1.54) is 0 Å². The van der Waals surface area contributed by atoms with Gasteiger partial charge in [-0.25, -0.2) is 0 Å². The SMILES string of the molecule is CCOc1cc(Cl)c(C#CCCl)cc1Cl. The third kappa shape index (κ3) is 3.50. The first-order chi connectivity index (χ1) is 7.19. The third-order valence-electron chi connectivity index (χ3n) is 1.61. The molecule has 0 amide bonds. The van der Waals surface area contributed by atoms with Gasteiger partial charge in [-0.3, -0.25) is 0 Å². The van der Waals surface area contributed by atoms with Gasteiger partial charge < -0.3 is 4.74 Å². The summed E-state index contributed by atoms with van der Waals surface area (Å²) in [6.45, 7) is 2.42. The maximum Gasteiger partial charge on any atom is 0.139 e. The molecular weight excluding hydrogens is 254 g/mol. The minimum Gasteiger partial charge on any atom is -0.492 e. The molecule has 0 bridgehead atoms. The molecule has 0 N–H and O–H groups in total. The summed E-state index contributed by atoms with van der Waals surface area (Å²) >= 11 is 17.4. The Morgan fingerprint density at radius 2 is 2.00 bits per heavy atom.